The molecular formula is C20H25FN4OS. The molecule has 144 valence electrons. The van der Waals surface area contributed by atoms with Crippen molar-refractivity contribution in [1.82, 2.24) is 15.5 Å². The topological polar surface area (TPSA) is 56.7 Å². The first-order valence-corrected chi connectivity index (χ1v) is 10.1. The number of nitrogens with one attached hydrogen (secondary N) is 2. The van der Waals surface area contributed by atoms with Crippen molar-refractivity contribution < 1.29 is 9.18 Å². The van der Waals surface area contributed by atoms with Gasteiger partial charge in [0.1, 0.15) is 5.82 Å². The molecule has 3 rings (SSSR count). The Bertz CT molecular complexity index is 805. The molecule has 2 heterocycles. The number of hydrogen-bond donors (Lipinski definition) is 2. The molecule has 1 aromatic heterocycles. The third-order valence-electron chi connectivity index (χ3n) is 4.50. The van der Waals surface area contributed by atoms with Crippen molar-refractivity contribution >= 4 is 23.2 Å². The number of amides is 1. The molecule has 2 aromatic rings. The molecule has 0 saturated heterocycles. The number of nitrogens with zero attached hydrogens (tertiary/aromatic N) is 2. The van der Waals surface area contributed by atoms with E-state index in [1.54, 1.807) is 29.5 Å². The van der Waals surface area contributed by atoms with Crippen LogP contribution >= 0.6 is 11.3 Å². The maximum atomic E-state index is 13.7. The zero-order valence-corrected chi connectivity index (χ0v) is 16.3. The predicted octanol–water partition coefficient (Wildman–Crippen LogP) is 2.92. The molecule has 5 nitrogen and oxygen atoms in total. The highest BCUT2D eigenvalue weighted by molar-refractivity contribution is 7.10. The van der Waals surface area contributed by atoms with E-state index in [4.69, 9.17) is 0 Å². The Morgan fingerprint density at radius 3 is 2.96 bits per heavy atom. The van der Waals surface area contributed by atoms with Crippen LogP contribution in [0, 0.1) is 5.82 Å². The number of thiophene rings is 1. The number of rotatable bonds is 6. The highest BCUT2D eigenvalue weighted by Gasteiger charge is 2.20. The van der Waals surface area contributed by atoms with Gasteiger partial charge in [-0.15, -0.1) is 11.3 Å². The smallest absolute Gasteiger partial charge is 0.224 e. The average Bonchev–Trinajstić information content (AvgIpc) is 3.15. The van der Waals surface area contributed by atoms with Crippen LogP contribution in [0.1, 0.15) is 29.3 Å². The van der Waals surface area contributed by atoms with E-state index in [0.717, 1.165) is 13.0 Å². The SMILES string of the molecule is CCNC(=NCc1ccccc1F)NCCC(=O)N1CCc2sccc2C1. The van der Waals surface area contributed by atoms with E-state index in [0.29, 0.717) is 37.6 Å². The summed E-state index contributed by atoms with van der Waals surface area (Å²) in [6.07, 6.45) is 1.35. The summed E-state index contributed by atoms with van der Waals surface area (Å²) in [5.74, 6) is 0.474. The lowest BCUT2D eigenvalue weighted by Crippen LogP contribution is -2.41. The molecule has 1 aliphatic heterocycles. The van der Waals surface area contributed by atoms with E-state index in [2.05, 4.69) is 27.1 Å². The Hall–Kier alpha value is -2.41. The fraction of sp³-hybridized carbons (Fsp3) is 0.400. The molecule has 7 heteroatoms. The zero-order valence-electron chi connectivity index (χ0n) is 15.5. The molecule has 0 bridgehead atoms. The van der Waals surface area contributed by atoms with E-state index in [-0.39, 0.29) is 18.3 Å². The largest absolute Gasteiger partial charge is 0.357 e. The van der Waals surface area contributed by atoms with Gasteiger partial charge in [-0.1, -0.05) is 18.2 Å². The third kappa shape index (κ3) is 5.29. The van der Waals surface area contributed by atoms with Crippen molar-refractivity contribution in [1.29, 1.82) is 0 Å². The van der Waals surface area contributed by atoms with Gasteiger partial charge in [0.2, 0.25) is 5.91 Å². The van der Waals surface area contributed by atoms with Gasteiger partial charge in [-0.2, -0.15) is 0 Å². The van der Waals surface area contributed by atoms with Gasteiger partial charge in [0.05, 0.1) is 6.54 Å². The van der Waals surface area contributed by atoms with Crippen molar-refractivity contribution in [2.75, 3.05) is 19.6 Å². The number of aliphatic imine (C=N–C) groups is 1. The second kappa shape index (κ2) is 9.50. The zero-order chi connectivity index (χ0) is 19.1. The summed E-state index contributed by atoms with van der Waals surface area (Å²) in [5, 5.41) is 8.39. The molecule has 2 N–H and O–H groups in total. The highest BCUT2D eigenvalue weighted by Crippen LogP contribution is 2.24. The normalized spacial score (nSPS) is 14.0. The van der Waals surface area contributed by atoms with E-state index < -0.39 is 0 Å². The van der Waals surface area contributed by atoms with Crippen molar-refractivity contribution in [3.05, 3.63) is 57.5 Å². The van der Waals surface area contributed by atoms with E-state index in [1.807, 2.05) is 11.8 Å². The summed E-state index contributed by atoms with van der Waals surface area (Å²) < 4.78 is 13.7. The van der Waals surface area contributed by atoms with Crippen LogP contribution in [0.2, 0.25) is 0 Å². The lowest BCUT2D eigenvalue weighted by atomic mass is 10.1. The Morgan fingerprint density at radius 2 is 2.15 bits per heavy atom. The highest BCUT2D eigenvalue weighted by atomic mass is 32.1. The quantitative estimate of drug-likeness (QED) is 0.591. The number of guanidine groups is 1. The molecule has 1 aliphatic rings. The van der Waals surface area contributed by atoms with Crippen molar-refractivity contribution in [3.63, 3.8) is 0 Å². The van der Waals surface area contributed by atoms with Crippen LogP contribution in [-0.2, 0) is 24.3 Å². The van der Waals surface area contributed by atoms with Gasteiger partial charge in [-0.25, -0.2) is 9.38 Å². The second-order valence-corrected chi connectivity index (χ2v) is 7.40. The fourth-order valence-electron chi connectivity index (χ4n) is 3.04. The Kier molecular flexibility index (Phi) is 6.81. The molecule has 0 spiro atoms. The number of hydrogen-bond acceptors (Lipinski definition) is 3. The summed E-state index contributed by atoms with van der Waals surface area (Å²) >= 11 is 1.77. The lowest BCUT2D eigenvalue weighted by Gasteiger charge is -2.27. The van der Waals surface area contributed by atoms with Crippen LogP contribution in [0.4, 0.5) is 4.39 Å². The molecule has 0 saturated carbocycles. The van der Waals surface area contributed by atoms with Crippen LogP contribution in [0.5, 0.6) is 0 Å². The number of carbonyl (C=O) groups excluding carboxylic acids is 1. The maximum Gasteiger partial charge on any atom is 0.224 e. The number of carbonyl (C=O) groups is 1. The fourth-order valence-corrected chi connectivity index (χ4v) is 3.93. The van der Waals surface area contributed by atoms with Crippen LogP contribution in [0.3, 0.4) is 0 Å². The molecular weight excluding hydrogens is 363 g/mol. The first-order valence-electron chi connectivity index (χ1n) is 9.26. The Labute approximate surface area is 163 Å². The van der Waals surface area contributed by atoms with Crippen molar-refractivity contribution in [3.8, 4) is 0 Å². The van der Waals surface area contributed by atoms with Gasteiger partial charge in [-0.3, -0.25) is 4.79 Å². The Balaban J connectivity index is 1.48. The second-order valence-electron chi connectivity index (χ2n) is 6.40. The van der Waals surface area contributed by atoms with Gasteiger partial charge < -0.3 is 15.5 Å². The van der Waals surface area contributed by atoms with Crippen LogP contribution in [-0.4, -0.2) is 36.4 Å². The molecule has 0 fully saturated rings. The third-order valence-corrected chi connectivity index (χ3v) is 5.52. The van der Waals surface area contributed by atoms with Crippen LogP contribution < -0.4 is 10.6 Å². The van der Waals surface area contributed by atoms with Gasteiger partial charge in [-0.05, 0) is 36.4 Å². The minimum Gasteiger partial charge on any atom is -0.357 e. The molecule has 27 heavy (non-hydrogen) atoms. The lowest BCUT2D eigenvalue weighted by molar-refractivity contribution is -0.131. The van der Waals surface area contributed by atoms with Crippen LogP contribution in [0.25, 0.3) is 0 Å². The standard InChI is InChI=1S/C20H25FN4OS/c1-2-22-20(24-13-15-5-3-4-6-17(15)21)23-10-7-19(26)25-11-8-18-16(14-25)9-12-27-18/h3-6,9,12H,2,7-8,10-11,13-14H2,1H3,(H2,22,23,24). The molecule has 1 aromatic carbocycles. The predicted molar refractivity (Wildman–Crippen MR) is 107 cm³/mol. The number of fused-ring (bicyclic) bond motifs is 1. The summed E-state index contributed by atoms with van der Waals surface area (Å²) in [5.41, 5.74) is 1.82. The monoisotopic (exact) mass is 388 g/mol. The van der Waals surface area contributed by atoms with Gasteiger partial charge >= 0.3 is 0 Å². The maximum absolute atomic E-state index is 13.7. The first-order chi connectivity index (χ1) is 13.2. The molecule has 0 unspecified atom stereocenters. The van der Waals surface area contributed by atoms with E-state index in [1.165, 1.54) is 16.5 Å². The average molecular weight is 389 g/mol. The molecule has 0 radical (unpaired) electrons. The van der Waals surface area contributed by atoms with E-state index >= 15 is 0 Å². The molecule has 0 aliphatic carbocycles. The summed E-state index contributed by atoms with van der Waals surface area (Å²) in [4.78, 5) is 20.2. The summed E-state index contributed by atoms with van der Waals surface area (Å²) in [6.45, 7) is 4.91. The van der Waals surface area contributed by atoms with Crippen molar-refractivity contribution in [2.45, 2.75) is 32.9 Å². The first kappa shape index (κ1) is 19.4. The molecule has 1 amide bonds. The Morgan fingerprint density at radius 1 is 1.30 bits per heavy atom. The number of halogens is 1. The van der Waals surface area contributed by atoms with Gasteiger partial charge in [0, 0.05) is 43.0 Å². The number of benzene rings is 1. The van der Waals surface area contributed by atoms with E-state index in [9.17, 15) is 9.18 Å². The minimum absolute atomic E-state index is 0.143. The summed E-state index contributed by atoms with van der Waals surface area (Å²) in [6, 6.07) is 8.72. The molecule has 0 atom stereocenters. The summed E-state index contributed by atoms with van der Waals surface area (Å²) in [7, 11) is 0. The minimum atomic E-state index is -0.259. The van der Waals surface area contributed by atoms with Crippen LogP contribution in [0.15, 0.2) is 40.7 Å². The van der Waals surface area contributed by atoms with Crippen molar-refractivity contribution in [2.24, 2.45) is 4.99 Å². The van der Waals surface area contributed by atoms with Gasteiger partial charge in [0.15, 0.2) is 5.96 Å². The van der Waals surface area contributed by atoms with Gasteiger partial charge in [0.25, 0.3) is 0 Å².